The van der Waals surface area contributed by atoms with E-state index in [1.165, 1.54) is 4.90 Å². The number of carbonyl (C=O) groups is 2. The summed E-state index contributed by atoms with van der Waals surface area (Å²) in [4.78, 5) is 26.7. The van der Waals surface area contributed by atoms with E-state index in [2.05, 4.69) is 0 Å². The van der Waals surface area contributed by atoms with Crippen molar-refractivity contribution in [3.05, 3.63) is 35.4 Å². The molecule has 3 fully saturated rings. The highest BCUT2D eigenvalue weighted by molar-refractivity contribution is 6.21. The van der Waals surface area contributed by atoms with Crippen molar-refractivity contribution in [3.63, 3.8) is 0 Å². The number of imide groups is 1. The van der Waals surface area contributed by atoms with Crippen molar-refractivity contribution in [1.82, 2.24) is 4.90 Å². The molecule has 8 heteroatoms. The van der Waals surface area contributed by atoms with Gasteiger partial charge in [-0.15, -0.1) is 0 Å². The fraction of sp³-hybridized carbons (Fsp3) is 0.600. The van der Waals surface area contributed by atoms with Crippen LogP contribution in [0.25, 0.3) is 0 Å². The Morgan fingerprint density at radius 3 is 2.04 bits per heavy atom. The van der Waals surface area contributed by atoms with Crippen LogP contribution in [-0.2, 0) is 23.7 Å². The van der Waals surface area contributed by atoms with Crippen LogP contribution in [0.15, 0.2) is 24.3 Å². The first-order valence-electron chi connectivity index (χ1n) is 9.47. The predicted octanol–water partition coefficient (Wildman–Crippen LogP) is 1.68. The fourth-order valence-corrected chi connectivity index (χ4v) is 4.45. The molecule has 150 valence electrons. The van der Waals surface area contributed by atoms with Gasteiger partial charge in [0.25, 0.3) is 11.8 Å². The lowest BCUT2D eigenvalue weighted by Crippen LogP contribution is -2.59. The molecule has 0 aliphatic carbocycles. The van der Waals surface area contributed by atoms with E-state index in [1.54, 1.807) is 38.1 Å². The first kappa shape index (κ1) is 18.2. The third kappa shape index (κ3) is 2.71. The van der Waals surface area contributed by atoms with Gasteiger partial charge in [0.1, 0.15) is 24.4 Å². The summed E-state index contributed by atoms with van der Waals surface area (Å²) in [5.74, 6) is -2.32. The number of hydrogen-bond donors (Lipinski definition) is 0. The molecule has 4 heterocycles. The Balaban J connectivity index is 1.40. The summed E-state index contributed by atoms with van der Waals surface area (Å²) in [5.41, 5.74) is 0.820. The van der Waals surface area contributed by atoms with E-state index in [0.717, 1.165) is 0 Å². The molecule has 0 N–H and O–H groups in total. The van der Waals surface area contributed by atoms with E-state index >= 15 is 0 Å². The summed E-state index contributed by atoms with van der Waals surface area (Å²) in [6.07, 6.45) is -2.46. The molecule has 1 aromatic rings. The van der Waals surface area contributed by atoms with Crippen LogP contribution in [0.1, 0.15) is 48.4 Å². The largest absolute Gasteiger partial charge is 0.343 e. The minimum Gasteiger partial charge on any atom is -0.343 e. The van der Waals surface area contributed by atoms with Crippen molar-refractivity contribution >= 4 is 11.8 Å². The summed E-state index contributed by atoms with van der Waals surface area (Å²) >= 11 is 0. The number of amides is 2. The molecule has 4 aliphatic heterocycles. The number of ether oxygens (including phenoxy) is 5. The molecule has 0 unspecified atom stereocenters. The van der Waals surface area contributed by atoms with E-state index in [1.807, 2.05) is 13.8 Å². The highest BCUT2D eigenvalue weighted by Crippen LogP contribution is 2.44. The lowest BCUT2D eigenvalue weighted by Gasteiger charge is -2.44. The highest BCUT2D eigenvalue weighted by Gasteiger charge is 2.61. The van der Waals surface area contributed by atoms with Gasteiger partial charge < -0.3 is 23.7 Å². The zero-order valence-electron chi connectivity index (χ0n) is 16.2. The number of hydrogen-bond acceptors (Lipinski definition) is 7. The zero-order chi connectivity index (χ0) is 19.8. The third-order valence-corrected chi connectivity index (χ3v) is 5.49. The lowest BCUT2D eigenvalue weighted by atomic mass is 10.0. The average molecular weight is 389 g/mol. The maximum Gasteiger partial charge on any atom is 0.261 e. The minimum absolute atomic E-state index is 0.0726. The maximum absolute atomic E-state index is 12.7. The van der Waals surface area contributed by atoms with Crippen molar-refractivity contribution < 1.29 is 33.3 Å². The molecule has 0 aromatic heterocycles. The molecule has 1 aromatic carbocycles. The fourth-order valence-electron chi connectivity index (χ4n) is 4.45. The van der Waals surface area contributed by atoms with Crippen LogP contribution in [0.3, 0.4) is 0 Å². The molecule has 0 saturated carbocycles. The molecule has 0 radical (unpaired) electrons. The summed E-state index contributed by atoms with van der Waals surface area (Å²) < 4.78 is 30.0. The molecule has 0 bridgehead atoms. The summed E-state index contributed by atoms with van der Waals surface area (Å²) in [6.45, 7) is 7.32. The van der Waals surface area contributed by atoms with Gasteiger partial charge in [-0.25, -0.2) is 0 Å². The minimum atomic E-state index is -0.918. The third-order valence-electron chi connectivity index (χ3n) is 5.49. The highest BCUT2D eigenvalue weighted by atomic mass is 16.9. The van der Waals surface area contributed by atoms with Gasteiger partial charge in [-0.3, -0.25) is 14.5 Å². The van der Waals surface area contributed by atoms with E-state index in [4.69, 9.17) is 23.7 Å². The normalized spacial score (nSPS) is 37.7. The van der Waals surface area contributed by atoms with Crippen molar-refractivity contribution in [2.75, 3.05) is 6.54 Å². The van der Waals surface area contributed by atoms with E-state index < -0.39 is 42.3 Å². The Labute approximate surface area is 162 Å². The van der Waals surface area contributed by atoms with Crippen LogP contribution < -0.4 is 0 Å². The van der Waals surface area contributed by atoms with Gasteiger partial charge in [0, 0.05) is 0 Å². The second-order valence-electron chi connectivity index (χ2n) is 8.47. The number of nitrogens with zero attached hydrogens (tertiary/aromatic N) is 1. The number of benzene rings is 1. The molecular weight excluding hydrogens is 366 g/mol. The van der Waals surface area contributed by atoms with E-state index in [9.17, 15) is 9.59 Å². The monoisotopic (exact) mass is 389 g/mol. The smallest absolute Gasteiger partial charge is 0.261 e. The van der Waals surface area contributed by atoms with Crippen molar-refractivity contribution in [3.8, 4) is 0 Å². The Kier molecular flexibility index (Phi) is 3.80. The lowest BCUT2D eigenvalue weighted by molar-refractivity contribution is -0.343. The second-order valence-corrected chi connectivity index (χ2v) is 8.47. The van der Waals surface area contributed by atoms with Gasteiger partial charge in [-0.1, -0.05) is 12.1 Å². The van der Waals surface area contributed by atoms with Gasteiger partial charge in [0.2, 0.25) is 0 Å². The predicted molar refractivity (Wildman–Crippen MR) is 94.3 cm³/mol. The Morgan fingerprint density at radius 2 is 1.39 bits per heavy atom. The quantitative estimate of drug-likeness (QED) is 0.712. The maximum atomic E-state index is 12.7. The van der Waals surface area contributed by atoms with Crippen LogP contribution in [0.4, 0.5) is 0 Å². The topological polar surface area (TPSA) is 83.5 Å². The van der Waals surface area contributed by atoms with Gasteiger partial charge >= 0.3 is 0 Å². The molecule has 5 atom stereocenters. The van der Waals surface area contributed by atoms with Gasteiger partial charge in [0.15, 0.2) is 17.9 Å². The van der Waals surface area contributed by atoms with Crippen LogP contribution >= 0.6 is 0 Å². The Morgan fingerprint density at radius 1 is 0.821 bits per heavy atom. The molecule has 4 aliphatic rings. The number of rotatable bonds is 2. The summed E-state index contributed by atoms with van der Waals surface area (Å²) in [6, 6.07) is 6.81. The first-order valence-corrected chi connectivity index (χ1v) is 9.47. The van der Waals surface area contributed by atoms with E-state index in [0.29, 0.717) is 11.1 Å². The van der Waals surface area contributed by atoms with Crippen LogP contribution in [0, 0.1) is 0 Å². The summed E-state index contributed by atoms with van der Waals surface area (Å²) in [7, 11) is 0. The number of carbonyl (C=O) groups excluding carboxylic acids is 2. The second kappa shape index (κ2) is 5.84. The van der Waals surface area contributed by atoms with Gasteiger partial charge in [-0.2, -0.15) is 0 Å². The van der Waals surface area contributed by atoms with Crippen LogP contribution in [0.2, 0.25) is 0 Å². The number of fused-ring (bicyclic) bond motifs is 4. The summed E-state index contributed by atoms with van der Waals surface area (Å²) in [5, 5.41) is 0. The Bertz CT molecular complexity index is 816. The first-order chi connectivity index (χ1) is 13.2. The standard InChI is InChI=1S/C20H23NO7/c1-19(2)25-12(9-21-16(22)10-7-5-6-8-11(10)17(21)23)13-14(26-19)15-18(24-13)28-20(3,4)27-15/h5-8,12-15,18H,9H2,1-4H3/t12-,13-,14+,15-,18-/m1/s1. The van der Waals surface area contributed by atoms with Crippen molar-refractivity contribution in [2.24, 2.45) is 0 Å². The van der Waals surface area contributed by atoms with Crippen LogP contribution in [-0.4, -0.2) is 65.5 Å². The molecule has 5 rings (SSSR count). The SMILES string of the molecule is CC1(C)O[C@H]2O[C@H]3[C@H](OC(C)(C)O[C@@H]3CN3C(=O)c4ccccc4C3=O)[C@H]2O1. The van der Waals surface area contributed by atoms with Gasteiger partial charge in [-0.05, 0) is 39.8 Å². The molecule has 2 amide bonds. The average Bonchev–Trinajstić information content (AvgIpc) is 3.17. The molecule has 3 saturated heterocycles. The zero-order valence-corrected chi connectivity index (χ0v) is 16.2. The Hall–Kier alpha value is -1.84. The molecule has 0 spiro atoms. The van der Waals surface area contributed by atoms with Crippen molar-refractivity contribution in [2.45, 2.75) is 70.0 Å². The molecular formula is C20H23NO7. The van der Waals surface area contributed by atoms with Crippen molar-refractivity contribution in [1.29, 1.82) is 0 Å². The van der Waals surface area contributed by atoms with Gasteiger partial charge in [0.05, 0.1) is 17.7 Å². The molecule has 8 nitrogen and oxygen atoms in total. The molecule has 28 heavy (non-hydrogen) atoms. The van der Waals surface area contributed by atoms with Crippen LogP contribution in [0.5, 0.6) is 0 Å². The van der Waals surface area contributed by atoms with E-state index in [-0.39, 0.29) is 18.4 Å².